The van der Waals surface area contributed by atoms with Crippen LogP contribution in [0.3, 0.4) is 0 Å². The largest absolute Gasteiger partial charge is 0.459 e. The van der Waals surface area contributed by atoms with Gasteiger partial charge in [-0.05, 0) is 66.7 Å². The molecule has 0 spiro atoms. The second kappa shape index (κ2) is 10.5. The van der Waals surface area contributed by atoms with Crippen LogP contribution in [0.5, 0.6) is 0 Å². The van der Waals surface area contributed by atoms with Gasteiger partial charge < -0.3 is 24.8 Å². The first-order valence-corrected chi connectivity index (χ1v) is 11.4. The van der Waals surface area contributed by atoms with Gasteiger partial charge >= 0.3 is 0 Å². The third-order valence-corrected chi connectivity index (χ3v) is 5.47. The minimum atomic E-state index is -0.420. The maximum atomic E-state index is 13.4. The molecule has 0 saturated heterocycles. The van der Waals surface area contributed by atoms with Gasteiger partial charge in [-0.1, -0.05) is 30.3 Å². The Hall–Kier alpha value is -5.37. The van der Waals surface area contributed by atoms with Crippen LogP contribution in [0.2, 0.25) is 0 Å². The van der Waals surface area contributed by atoms with Crippen molar-refractivity contribution in [1.82, 2.24) is 0 Å². The number of anilines is 4. The van der Waals surface area contributed by atoms with Gasteiger partial charge in [0.2, 0.25) is 0 Å². The highest BCUT2D eigenvalue weighted by molar-refractivity contribution is 6.14. The molecule has 0 aliphatic carbocycles. The van der Waals surface area contributed by atoms with Crippen LogP contribution in [0.1, 0.15) is 37.0 Å². The molecule has 5 aromatic rings. The predicted molar refractivity (Wildman–Crippen MR) is 139 cm³/mol. The Bertz CT molecular complexity index is 1520. The first-order chi connectivity index (χ1) is 18.1. The van der Waals surface area contributed by atoms with E-state index >= 15 is 0 Å². The van der Waals surface area contributed by atoms with Gasteiger partial charge in [-0.25, -0.2) is 0 Å². The van der Waals surface area contributed by atoms with E-state index < -0.39 is 5.91 Å². The molecule has 8 heteroatoms. The summed E-state index contributed by atoms with van der Waals surface area (Å²) in [7, 11) is 0. The maximum absolute atomic E-state index is 13.4. The fraction of sp³-hybridized carbons (Fsp3) is 0. The number of carbonyl (C=O) groups excluding carboxylic acids is 3. The topological polar surface area (TPSA) is 114 Å². The summed E-state index contributed by atoms with van der Waals surface area (Å²) in [6, 6.07) is 27.4. The molecule has 2 amide bonds. The van der Waals surface area contributed by atoms with Gasteiger partial charge in [-0.2, -0.15) is 0 Å². The number of hydrogen-bond donors (Lipinski definition) is 3. The van der Waals surface area contributed by atoms with Gasteiger partial charge in [0.15, 0.2) is 17.3 Å². The van der Waals surface area contributed by atoms with Crippen molar-refractivity contribution in [3.05, 3.63) is 132 Å². The van der Waals surface area contributed by atoms with Crippen LogP contribution in [0.4, 0.5) is 22.7 Å². The summed E-state index contributed by atoms with van der Waals surface area (Å²) in [5.41, 5.74) is 3.17. The highest BCUT2D eigenvalue weighted by Crippen LogP contribution is 2.28. The van der Waals surface area contributed by atoms with E-state index in [1.54, 1.807) is 91.0 Å². The Morgan fingerprint density at radius 3 is 1.73 bits per heavy atom. The SMILES string of the molecule is O=C(Nc1ccc(Nc2ccc(NC(=O)c3ccco3)cc2C(=O)c2ccccc2)cc1)c1ccco1. The number of rotatable bonds is 8. The van der Waals surface area contributed by atoms with E-state index in [0.717, 1.165) is 0 Å². The monoisotopic (exact) mass is 491 g/mol. The number of nitrogens with one attached hydrogen (secondary N) is 3. The lowest BCUT2D eigenvalue weighted by Gasteiger charge is -2.14. The van der Waals surface area contributed by atoms with Crippen LogP contribution < -0.4 is 16.0 Å². The zero-order valence-corrected chi connectivity index (χ0v) is 19.4. The molecule has 3 aromatic carbocycles. The minimum Gasteiger partial charge on any atom is -0.459 e. The summed E-state index contributed by atoms with van der Waals surface area (Å²) in [6.45, 7) is 0. The summed E-state index contributed by atoms with van der Waals surface area (Å²) in [5, 5.41) is 8.78. The molecule has 182 valence electrons. The fourth-order valence-corrected chi connectivity index (χ4v) is 3.66. The van der Waals surface area contributed by atoms with E-state index in [-0.39, 0.29) is 23.2 Å². The highest BCUT2D eigenvalue weighted by atomic mass is 16.3. The zero-order chi connectivity index (χ0) is 25.6. The number of amides is 2. The third kappa shape index (κ3) is 5.49. The number of benzene rings is 3. The Kier molecular flexibility index (Phi) is 6.63. The maximum Gasteiger partial charge on any atom is 0.291 e. The molecule has 8 nitrogen and oxygen atoms in total. The second-order valence-electron chi connectivity index (χ2n) is 8.02. The average Bonchev–Trinajstić information content (AvgIpc) is 3.66. The highest BCUT2D eigenvalue weighted by Gasteiger charge is 2.17. The van der Waals surface area contributed by atoms with Gasteiger partial charge in [-0.3, -0.25) is 14.4 Å². The van der Waals surface area contributed by atoms with Crippen molar-refractivity contribution in [3.8, 4) is 0 Å². The summed E-state index contributed by atoms with van der Waals surface area (Å²) >= 11 is 0. The Balaban J connectivity index is 1.38. The standard InChI is InChI=1S/C29H21N3O5/c33-27(19-6-2-1-3-7-19)23-18-22(32-29(35)26-9-5-17-37-26)14-15-24(23)30-20-10-12-21(13-11-20)31-28(34)25-8-4-16-36-25/h1-18,30H,(H,31,34)(H,32,35). The minimum absolute atomic E-state index is 0.164. The zero-order valence-electron chi connectivity index (χ0n) is 19.4. The molecule has 3 N–H and O–H groups in total. The molecule has 0 atom stereocenters. The number of furan rings is 2. The van der Waals surface area contributed by atoms with Crippen molar-refractivity contribution in [2.75, 3.05) is 16.0 Å². The van der Waals surface area contributed by atoms with Crippen molar-refractivity contribution in [1.29, 1.82) is 0 Å². The Labute approximate surface area is 211 Å². The lowest BCUT2D eigenvalue weighted by atomic mass is 10.0. The van der Waals surface area contributed by atoms with Crippen LogP contribution in [0.25, 0.3) is 0 Å². The summed E-state index contributed by atoms with van der Waals surface area (Å²) in [5.74, 6) is -0.605. The van der Waals surface area contributed by atoms with Crippen LogP contribution in [-0.4, -0.2) is 17.6 Å². The first kappa shape index (κ1) is 23.4. The smallest absolute Gasteiger partial charge is 0.291 e. The Morgan fingerprint density at radius 1 is 0.568 bits per heavy atom. The van der Waals surface area contributed by atoms with Gasteiger partial charge in [0, 0.05) is 33.9 Å². The van der Waals surface area contributed by atoms with E-state index in [9.17, 15) is 14.4 Å². The number of carbonyl (C=O) groups is 3. The van der Waals surface area contributed by atoms with Gasteiger partial charge in [0.1, 0.15) is 0 Å². The number of hydrogen-bond acceptors (Lipinski definition) is 6. The van der Waals surface area contributed by atoms with Crippen molar-refractivity contribution in [3.63, 3.8) is 0 Å². The van der Waals surface area contributed by atoms with Crippen molar-refractivity contribution in [2.24, 2.45) is 0 Å². The quantitative estimate of drug-likeness (QED) is 0.218. The molecule has 37 heavy (non-hydrogen) atoms. The third-order valence-electron chi connectivity index (χ3n) is 5.47. The van der Waals surface area contributed by atoms with Crippen LogP contribution in [-0.2, 0) is 0 Å². The molecule has 0 aliphatic heterocycles. The first-order valence-electron chi connectivity index (χ1n) is 11.4. The summed E-state index contributed by atoms with van der Waals surface area (Å²) in [6.07, 6.45) is 2.85. The van der Waals surface area contributed by atoms with Gasteiger partial charge in [-0.15, -0.1) is 0 Å². The number of ketones is 1. The lowest BCUT2D eigenvalue weighted by molar-refractivity contribution is 0.0989. The molecule has 0 fully saturated rings. The van der Waals surface area contributed by atoms with Gasteiger partial charge in [0.05, 0.1) is 12.5 Å². The molecular weight excluding hydrogens is 470 g/mol. The van der Waals surface area contributed by atoms with E-state index in [1.165, 1.54) is 12.5 Å². The molecule has 0 radical (unpaired) electrons. The molecule has 2 aromatic heterocycles. The van der Waals surface area contributed by atoms with Crippen molar-refractivity contribution in [2.45, 2.75) is 0 Å². The van der Waals surface area contributed by atoms with E-state index in [4.69, 9.17) is 8.83 Å². The lowest BCUT2D eigenvalue weighted by Crippen LogP contribution is -2.12. The summed E-state index contributed by atoms with van der Waals surface area (Å²) < 4.78 is 10.3. The molecule has 0 aliphatic rings. The molecule has 0 unspecified atom stereocenters. The van der Waals surface area contributed by atoms with Crippen LogP contribution >= 0.6 is 0 Å². The van der Waals surface area contributed by atoms with Gasteiger partial charge in [0.25, 0.3) is 11.8 Å². The van der Waals surface area contributed by atoms with E-state index in [2.05, 4.69) is 16.0 Å². The van der Waals surface area contributed by atoms with Crippen molar-refractivity contribution >= 4 is 40.3 Å². The molecule has 0 bridgehead atoms. The Morgan fingerprint density at radius 2 is 1.14 bits per heavy atom. The molecule has 5 rings (SSSR count). The van der Waals surface area contributed by atoms with Crippen molar-refractivity contribution < 1.29 is 23.2 Å². The van der Waals surface area contributed by atoms with Crippen LogP contribution in [0.15, 0.2) is 118 Å². The average molecular weight is 492 g/mol. The molecular formula is C29H21N3O5. The molecule has 2 heterocycles. The van der Waals surface area contributed by atoms with E-state index in [1.807, 2.05) is 6.07 Å². The normalized spacial score (nSPS) is 10.5. The van der Waals surface area contributed by atoms with E-state index in [0.29, 0.717) is 33.9 Å². The second-order valence-corrected chi connectivity index (χ2v) is 8.02. The van der Waals surface area contributed by atoms with Crippen LogP contribution in [0, 0.1) is 0 Å². The predicted octanol–water partition coefficient (Wildman–Crippen LogP) is 6.35. The fourth-order valence-electron chi connectivity index (χ4n) is 3.66. The summed E-state index contributed by atoms with van der Waals surface area (Å²) in [4.78, 5) is 38.0. The molecule has 0 saturated carbocycles.